The summed E-state index contributed by atoms with van der Waals surface area (Å²) in [4.78, 5) is 24.3. The zero-order valence-corrected chi connectivity index (χ0v) is 17.2. The van der Waals surface area contributed by atoms with Crippen molar-refractivity contribution in [3.05, 3.63) is 47.3 Å². The lowest BCUT2D eigenvalue weighted by Gasteiger charge is -2.29. The van der Waals surface area contributed by atoms with E-state index in [4.69, 9.17) is 9.72 Å². The maximum Gasteiger partial charge on any atom is 0.225 e. The van der Waals surface area contributed by atoms with Crippen LogP contribution in [0, 0.1) is 0 Å². The molecule has 29 heavy (non-hydrogen) atoms. The highest BCUT2D eigenvalue weighted by Gasteiger charge is 2.25. The first-order chi connectivity index (χ1) is 14.2. The van der Waals surface area contributed by atoms with Crippen LogP contribution in [-0.2, 0) is 17.6 Å². The number of nitrogens with one attached hydrogen (secondary N) is 1. The number of methoxy groups -OCH3 is 1. The molecule has 1 saturated heterocycles. The number of carbonyl (C=O) groups is 1. The predicted octanol–water partition coefficient (Wildman–Crippen LogP) is 3.60. The number of aryl methyl sites for hydroxylation is 2. The molecule has 0 radical (unpaired) electrons. The summed E-state index contributed by atoms with van der Waals surface area (Å²) in [6, 6.07) is 7.91. The third kappa shape index (κ3) is 4.86. The van der Waals surface area contributed by atoms with E-state index in [1.807, 2.05) is 30.5 Å². The zero-order valence-electron chi connectivity index (χ0n) is 17.2. The second-order valence-electron chi connectivity index (χ2n) is 7.98. The fourth-order valence-electron chi connectivity index (χ4n) is 4.25. The van der Waals surface area contributed by atoms with Crippen molar-refractivity contribution in [1.82, 2.24) is 15.3 Å². The number of fused-ring (bicyclic) bond motifs is 1. The second kappa shape index (κ2) is 9.25. The first-order valence-electron chi connectivity index (χ1n) is 10.8. The SMILES string of the molecule is COc1ccc(CCC(=O)NC2CCCc3nc(N4CCCCC4)ncc32)cc1. The number of piperidine rings is 1. The molecule has 1 atom stereocenters. The number of nitrogens with zero attached hydrogens (tertiary/aromatic N) is 3. The summed E-state index contributed by atoms with van der Waals surface area (Å²) in [7, 11) is 1.66. The summed E-state index contributed by atoms with van der Waals surface area (Å²) in [6.07, 6.45) is 9.84. The molecule has 2 aliphatic rings. The largest absolute Gasteiger partial charge is 0.497 e. The van der Waals surface area contributed by atoms with Crippen LogP contribution in [-0.4, -0.2) is 36.1 Å². The van der Waals surface area contributed by atoms with E-state index in [0.29, 0.717) is 6.42 Å². The Morgan fingerprint density at radius 2 is 1.97 bits per heavy atom. The molecule has 1 amide bonds. The van der Waals surface area contributed by atoms with Gasteiger partial charge in [0.05, 0.1) is 18.8 Å². The van der Waals surface area contributed by atoms with Crippen LogP contribution in [0.2, 0.25) is 0 Å². The van der Waals surface area contributed by atoms with Crippen LogP contribution in [0.15, 0.2) is 30.5 Å². The zero-order chi connectivity index (χ0) is 20.1. The Kier molecular flexibility index (Phi) is 6.27. The second-order valence-corrected chi connectivity index (χ2v) is 7.98. The highest BCUT2D eigenvalue weighted by Crippen LogP contribution is 2.30. The number of aromatic nitrogens is 2. The average Bonchev–Trinajstić information content (AvgIpc) is 2.78. The van der Waals surface area contributed by atoms with Crippen LogP contribution in [0.3, 0.4) is 0 Å². The Bertz CT molecular complexity index is 831. The fourth-order valence-corrected chi connectivity index (χ4v) is 4.25. The molecule has 1 aliphatic carbocycles. The van der Waals surface area contributed by atoms with E-state index in [9.17, 15) is 4.79 Å². The molecule has 1 N–H and O–H groups in total. The summed E-state index contributed by atoms with van der Waals surface area (Å²) < 4.78 is 5.18. The van der Waals surface area contributed by atoms with Gasteiger partial charge in [-0.15, -0.1) is 0 Å². The van der Waals surface area contributed by atoms with E-state index < -0.39 is 0 Å². The maximum atomic E-state index is 12.5. The van der Waals surface area contributed by atoms with Crippen molar-refractivity contribution < 1.29 is 9.53 Å². The van der Waals surface area contributed by atoms with E-state index in [1.165, 1.54) is 19.3 Å². The van der Waals surface area contributed by atoms with E-state index in [1.54, 1.807) is 7.11 Å². The van der Waals surface area contributed by atoms with E-state index in [0.717, 1.165) is 67.3 Å². The number of anilines is 1. The third-order valence-corrected chi connectivity index (χ3v) is 5.94. The maximum absolute atomic E-state index is 12.5. The van der Waals surface area contributed by atoms with Gasteiger partial charge in [0, 0.05) is 31.3 Å². The van der Waals surface area contributed by atoms with Crippen molar-refractivity contribution in [2.24, 2.45) is 0 Å². The normalized spacial score (nSPS) is 18.8. The van der Waals surface area contributed by atoms with Crippen molar-refractivity contribution in [1.29, 1.82) is 0 Å². The smallest absolute Gasteiger partial charge is 0.225 e. The molecule has 1 unspecified atom stereocenters. The van der Waals surface area contributed by atoms with Crippen LogP contribution in [0.4, 0.5) is 5.95 Å². The molecule has 2 heterocycles. The van der Waals surface area contributed by atoms with Gasteiger partial charge in [-0.25, -0.2) is 9.97 Å². The molecule has 0 spiro atoms. The molecule has 1 fully saturated rings. The van der Waals surface area contributed by atoms with Crippen LogP contribution >= 0.6 is 0 Å². The highest BCUT2D eigenvalue weighted by molar-refractivity contribution is 5.76. The molecule has 6 nitrogen and oxygen atoms in total. The summed E-state index contributed by atoms with van der Waals surface area (Å²) in [6.45, 7) is 2.09. The van der Waals surface area contributed by atoms with Crippen molar-refractivity contribution >= 4 is 11.9 Å². The van der Waals surface area contributed by atoms with Crippen LogP contribution < -0.4 is 15.0 Å². The monoisotopic (exact) mass is 394 g/mol. The van der Waals surface area contributed by atoms with E-state index >= 15 is 0 Å². The third-order valence-electron chi connectivity index (χ3n) is 5.94. The standard InChI is InChI=1S/C23H30N4O2/c1-29-18-11-8-17(9-12-18)10-13-22(28)25-20-6-5-7-21-19(20)16-24-23(26-21)27-14-3-2-4-15-27/h8-9,11-12,16,20H,2-7,10,13-15H2,1H3,(H,25,28). The lowest BCUT2D eigenvalue weighted by atomic mass is 9.92. The quantitative estimate of drug-likeness (QED) is 0.811. The van der Waals surface area contributed by atoms with Gasteiger partial charge < -0.3 is 15.0 Å². The molecule has 154 valence electrons. The highest BCUT2D eigenvalue weighted by atomic mass is 16.5. The Morgan fingerprint density at radius 3 is 2.72 bits per heavy atom. The molecule has 0 bridgehead atoms. The Labute approximate surface area is 172 Å². The van der Waals surface area contributed by atoms with Gasteiger partial charge in [0.1, 0.15) is 5.75 Å². The average molecular weight is 395 g/mol. The fraction of sp³-hybridized carbons (Fsp3) is 0.522. The predicted molar refractivity (Wildman–Crippen MR) is 113 cm³/mol. The number of amides is 1. The number of hydrogen-bond donors (Lipinski definition) is 1. The van der Waals surface area contributed by atoms with Gasteiger partial charge in [0.2, 0.25) is 11.9 Å². The number of rotatable bonds is 6. The molecule has 2 aromatic rings. The minimum atomic E-state index is 0.0255. The van der Waals surface area contributed by atoms with Gasteiger partial charge in [-0.3, -0.25) is 4.79 Å². The van der Waals surface area contributed by atoms with Crippen molar-refractivity contribution in [2.45, 2.75) is 57.4 Å². The summed E-state index contributed by atoms with van der Waals surface area (Å²) in [5, 5.41) is 3.21. The molecule has 1 aliphatic heterocycles. The van der Waals surface area contributed by atoms with Crippen LogP contribution in [0.1, 0.15) is 61.4 Å². The molecule has 1 aromatic carbocycles. The van der Waals surface area contributed by atoms with Crippen molar-refractivity contribution in [3.63, 3.8) is 0 Å². The Morgan fingerprint density at radius 1 is 1.17 bits per heavy atom. The Hall–Kier alpha value is -2.63. The van der Waals surface area contributed by atoms with Gasteiger partial charge in [-0.05, 0) is 62.6 Å². The van der Waals surface area contributed by atoms with Gasteiger partial charge in [0.25, 0.3) is 0 Å². The first-order valence-corrected chi connectivity index (χ1v) is 10.8. The number of ether oxygens (including phenoxy) is 1. The van der Waals surface area contributed by atoms with Gasteiger partial charge in [-0.2, -0.15) is 0 Å². The summed E-state index contributed by atoms with van der Waals surface area (Å²) >= 11 is 0. The summed E-state index contributed by atoms with van der Waals surface area (Å²) in [5.74, 6) is 1.77. The molecular weight excluding hydrogens is 364 g/mol. The van der Waals surface area contributed by atoms with E-state index in [-0.39, 0.29) is 11.9 Å². The molecule has 4 rings (SSSR count). The topological polar surface area (TPSA) is 67.3 Å². The minimum Gasteiger partial charge on any atom is -0.497 e. The molecule has 1 aromatic heterocycles. The molecule has 0 saturated carbocycles. The number of carbonyl (C=O) groups excluding carboxylic acids is 1. The van der Waals surface area contributed by atoms with Crippen LogP contribution in [0.5, 0.6) is 5.75 Å². The van der Waals surface area contributed by atoms with Crippen molar-refractivity contribution in [3.8, 4) is 5.75 Å². The molecule has 6 heteroatoms. The van der Waals surface area contributed by atoms with Crippen LogP contribution in [0.25, 0.3) is 0 Å². The van der Waals surface area contributed by atoms with Gasteiger partial charge in [0.15, 0.2) is 0 Å². The number of hydrogen-bond acceptors (Lipinski definition) is 5. The van der Waals surface area contributed by atoms with Gasteiger partial charge >= 0.3 is 0 Å². The lowest BCUT2D eigenvalue weighted by molar-refractivity contribution is -0.121. The summed E-state index contributed by atoms with van der Waals surface area (Å²) in [5.41, 5.74) is 3.33. The first kappa shape index (κ1) is 19.7. The van der Waals surface area contributed by atoms with E-state index in [2.05, 4.69) is 15.2 Å². The lowest BCUT2D eigenvalue weighted by Crippen LogP contribution is -2.34. The Balaban J connectivity index is 1.36. The molecular formula is C23H30N4O2. The number of benzene rings is 1. The van der Waals surface area contributed by atoms with Crippen molar-refractivity contribution in [2.75, 3.05) is 25.1 Å². The minimum absolute atomic E-state index is 0.0255. The van der Waals surface area contributed by atoms with Gasteiger partial charge in [-0.1, -0.05) is 12.1 Å².